The number of ether oxygens (including phenoxy) is 8. The normalized spacial score (nSPS) is 11.3. The Balaban J connectivity index is 2.95. The Morgan fingerprint density at radius 1 is 0.370 bits per heavy atom. The van der Waals surface area contributed by atoms with E-state index in [1.165, 1.54) is 0 Å². The van der Waals surface area contributed by atoms with Gasteiger partial charge in [0.25, 0.3) is 0 Å². The van der Waals surface area contributed by atoms with Crippen molar-refractivity contribution in [3.05, 3.63) is 0 Å². The molecule has 0 unspecified atom stereocenters. The highest BCUT2D eigenvalue weighted by atomic mass is 16.6. The molecule has 8 nitrogen and oxygen atoms in total. The molecule has 0 heterocycles. The minimum Gasteiger partial charge on any atom is -0.382 e. The molecule has 0 rings (SSSR count). The van der Waals surface area contributed by atoms with Crippen LogP contribution >= 0.6 is 0 Å². The molecular formula is C19H40O8. The van der Waals surface area contributed by atoms with Gasteiger partial charge in [-0.2, -0.15) is 0 Å². The average molecular weight is 397 g/mol. The second-order valence-corrected chi connectivity index (χ2v) is 5.63. The van der Waals surface area contributed by atoms with Crippen LogP contribution in [0.2, 0.25) is 0 Å². The fourth-order valence-electron chi connectivity index (χ4n) is 1.81. The number of unbranched alkanes of at least 4 members (excludes halogenated alkanes) is 1. The molecule has 164 valence electrons. The summed E-state index contributed by atoms with van der Waals surface area (Å²) >= 11 is 0. The van der Waals surface area contributed by atoms with Crippen LogP contribution in [0.1, 0.15) is 19.8 Å². The quantitative estimate of drug-likeness (QED) is 0.228. The van der Waals surface area contributed by atoms with Crippen LogP contribution in [0.5, 0.6) is 0 Å². The molecule has 0 aliphatic carbocycles. The molecule has 0 aromatic heterocycles. The van der Waals surface area contributed by atoms with Gasteiger partial charge < -0.3 is 37.9 Å². The van der Waals surface area contributed by atoms with Crippen LogP contribution < -0.4 is 0 Å². The van der Waals surface area contributed by atoms with Crippen molar-refractivity contribution in [2.75, 3.05) is 106 Å². The molecule has 0 saturated heterocycles. The van der Waals surface area contributed by atoms with E-state index in [0.717, 1.165) is 19.4 Å². The number of rotatable bonds is 24. The van der Waals surface area contributed by atoms with E-state index in [9.17, 15) is 0 Å². The molecule has 0 radical (unpaired) electrons. The van der Waals surface area contributed by atoms with Crippen molar-refractivity contribution < 1.29 is 37.9 Å². The Hall–Kier alpha value is -0.320. The molecule has 0 spiro atoms. The minimum absolute atomic E-state index is 0.550. The monoisotopic (exact) mass is 396 g/mol. The molecule has 0 aliphatic heterocycles. The fourth-order valence-corrected chi connectivity index (χ4v) is 1.81. The summed E-state index contributed by atoms with van der Waals surface area (Å²) in [5.41, 5.74) is 0. The molecule has 0 aromatic carbocycles. The zero-order chi connectivity index (χ0) is 19.7. The van der Waals surface area contributed by atoms with Crippen molar-refractivity contribution in [2.24, 2.45) is 0 Å². The van der Waals surface area contributed by atoms with E-state index in [1.54, 1.807) is 7.11 Å². The van der Waals surface area contributed by atoms with Gasteiger partial charge in [-0.15, -0.1) is 0 Å². The average Bonchev–Trinajstić information content (AvgIpc) is 2.68. The topological polar surface area (TPSA) is 73.8 Å². The largest absolute Gasteiger partial charge is 0.382 e. The zero-order valence-corrected chi connectivity index (χ0v) is 17.3. The van der Waals surface area contributed by atoms with Gasteiger partial charge in [0.2, 0.25) is 0 Å². The fraction of sp³-hybridized carbons (Fsp3) is 1.00. The third-order valence-electron chi connectivity index (χ3n) is 3.31. The highest BCUT2D eigenvalue weighted by Gasteiger charge is 1.94. The van der Waals surface area contributed by atoms with Crippen molar-refractivity contribution in [3.8, 4) is 0 Å². The van der Waals surface area contributed by atoms with Crippen molar-refractivity contribution in [3.63, 3.8) is 0 Å². The molecule has 0 amide bonds. The first-order valence-electron chi connectivity index (χ1n) is 9.95. The molecular weight excluding hydrogens is 356 g/mol. The Bertz CT molecular complexity index is 232. The van der Waals surface area contributed by atoms with Gasteiger partial charge in [0, 0.05) is 13.7 Å². The van der Waals surface area contributed by atoms with Gasteiger partial charge in [-0.25, -0.2) is 0 Å². The maximum Gasteiger partial charge on any atom is 0.0701 e. The van der Waals surface area contributed by atoms with Crippen LogP contribution in [-0.2, 0) is 37.9 Å². The Morgan fingerprint density at radius 2 is 0.630 bits per heavy atom. The van der Waals surface area contributed by atoms with Crippen molar-refractivity contribution in [1.29, 1.82) is 0 Å². The lowest BCUT2D eigenvalue weighted by Crippen LogP contribution is -2.14. The van der Waals surface area contributed by atoms with Gasteiger partial charge in [0.15, 0.2) is 0 Å². The minimum atomic E-state index is 0.550. The van der Waals surface area contributed by atoms with Crippen LogP contribution in [0, 0.1) is 0 Å². The molecule has 0 aliphatic rings. The van der Waals surface area contributed by atoms with Crippen LogP contribution in [0.4, 0.5) is 0 Å². The molecule has 0 saturated carbocycles. The van der Waals surface area contributed by atoms with Crippen LogP contribution in [-0.4, -0.2) is 106 Å². The summed E-state index contributed by atoms with van der Waals surface area (Å²) in [6.07, 6.45) is 2.26. The summed E-state index contributed by atoms with van der Waals surface area (Å²) in [4.78, 5) is 0. The second-order valence-electron chi connectivity index (χ2n) is 5.63. The maximum absolute atomic E-state index is 5.42. The van der Waals surface area contributed by atoms with Crippen LogP contribution in [0.25, 0.3) is 0 Å². The molecule has 0 aromatic rings. The summed E-state index contributed by atoms with van der Waals surface area (Å²) in [5.74, 6) is 0. The van der Waals surface area contributed by atoms with E-state index in [-0.39, 0.29) is 0 Å². The molecule has 0 atom stereocenters. The van der Waals surface area contributed by atoms with E-state index in [4.69, 9.17) is 37.9 Å². The lowest BCUT2D eigenvalue weighted by Gasteiger charge is -2.08. The van der Waals surface area contributed by atoms with E-state index in [2.05, 4.69) is 6.92 Å². The molecule has 27 heavy (non-hydrogen) atoms. The number of hydrogen-bond donors (Lipinski definition) is 0. The first kappa shape index (κ1) is 26.7. The zero-order valence-electron chi connectivity index (χ0n) is 17.3. The predicted octanol–water partition coefficient (Wildman–Crippen LogP) is 1.55. The van der Waals surface area contributed by atoms with Crippen molar-refractivity contribution >= 4 is 0 Å². The first-order chi connectivity index (χ1) is 13.4. The van der Waals surface area contributed by atoms with Crippen molar-refractivity contribution in [2.45, 2.75) is 19.8 Å². The molecule has 0 bridgehead atoms. The molecule has 0 fully saturated rings. The summed E-state index contributed by atoms with van der Waals surface area (Å²) < 4.78 is 42.5. The van der Waals surface area contributed by atoms with Crippen molar-refractivity contribution in [1.82, 2.24) is 0 Å². The van der Waals surface area contributed by atoms with Crippen LogP contribution in [0.3, 0.4) is 0 Å². The third-order valence-corrected chi connectivity index (χ3v) is 3.31. The van der Waals surface area contributed by atoms with E-state index < -0.39 is 0 Å². The highest BCUT2D eigenvalue weighted by molar-refractivity contribution is 4.37. The summed E-state index contributed by atoms with van der Waals surface area (Å²) in [6.45, 7) is 11.0. The predicted molar refractivity (Wildman–Crippen MR) is 103 cm³/mol. The Morgan fingerprint density at radius 3 is 0.889 bits per heavy atom. The maximum atomic E-state index is 5.42. The van der Waals surface area contributed by atoms with Gasteiger partial charge in [-0.1, -0.05) is 13.3 Å². The standard InChI is InChI=1S/C19H40O8/c1-3-4-5-21-8-9-23-12-13-25-16-17-27-19-18-26-15-14-24-11-10-22-7-6-20-2/h3-19H2,1-2H3. The first-order valence-corrected chi connectivity index (χ1v) is 9.95. The van der Waals surface area contributed by atoms with E-state index in [0.29, 0.717) is 92.5 Å². The lowest BCUT2D eigenvalue weighted by atomic mass is 10.4. The van der Waals surface area contributed by atoms with Gasteiger partial charge in [-0.3, -0.25) is 0 Å². The van der Waals surface area contributed by atoms with Gasteiger partial charge in [0.05, 0.1) is 92.5 Å². The smallest absolute Gasteiger partial charge is 0.0701 e. The highest BCUT2D eigenvalue weighted by Crippen LogP contribution is 1.88. The SMILES string of the molecule is CCCCOCCOCCOCCOCCOCCOCCOCCOC. The van der Waals surface area contributed by atoms with Gasteiger partial charge in [-0.05, 0) is 6.42 Å². The Kier molecular flexibility index (Phi) is 25.4. The van der Waals surface area contributed by atoms with E-state index >= 15 is 0 Å². The molecule has 0 N–H and O–H groups in total. The molecule has 8 heteroatoms. The summed E-state index contributed by atoms with van der Waals surface area (Å²) in [7, 11) is 1.65. The Labute approximate surface area is 164 Å². The summed E-state index contributed by atoms with van der Waals surface area (Å²) in [6, 6.07) is 0. The van der Waals surface area contributed by atoms with Gasteiger partial charge in [0.1, 0.15) is 0 Å². The lowest BCUT2D eigenvalue weighted by molar-refractivity contribution is -0.0221. The number of methoxy groups -OCH3 is 1. The second kappa shape index (κ2) is 25.7. The van der Waals surface area contributed by atoms with E-state index in [1.807, 2.05) is 0 Å². The number of hydrogen-bond acceptors (Lipinski definition) is 8. The third kappa shape index (κ3) is 25.7. The van der Waals surface area contributed by atoms with Gasteiger partial charge >= 0.3 is 0 Å². The van der Waals surface area contributed by atoms with Crippen LogP contribution in [0.15, 0.2) is 0 Å². The summed E-state index contributed by atoms with van der Waals surface area (Å²) in [5, 5.41) is 0.